The Hall–Kier alpha value is -4.47. The molecule has 2 aliphatic heterocycles. The first kappa shape index (κ1) is 27.4. The van der Waals surface area contributed by atoms with Crippen LogP contribution >= 0.6 is 0 Å². The van der Waals surface area contributed by atoms with E-state index in [1.165, 1.54) is 0 Å². The zero-order valence-corrected chi connectivity index (χ0v) is 25.0. The van der Waals surface area contributed by atoms with Crippen molar-refractivity contribution in [1.29, 1.82) is 0 Å². The van der Waals surface area contributed by atoms with Crippen molar-refractivity contribution in [2.45, 2.75) is 77.2 Å². The first-order valence-electron chi connectivity index (χ1n) is 14.9. The fraction of sp³-hybridized carbons (Fsp3) is 0.424. The number of rotatable bonds is 4. The molecule has 4 aromatic rings. The van der Waals surface area contributed by atoms with Crippen molar-refractivity contribution in [2.24, 2.45) is 0 Å². The summed E-state index contributed by atoms with van der Waals surface area (Å²) in [6.45, 7) is 10.6. The van der Waals surface area contributed by atoms with Gasteiger partial charge in [0.1, 0.15) is 17.2 Å². The number of anilines is 1. The maximum Gasteiger partial charge on any atom is 0.410 e. The van der Waals surface area contributed by atoms with Crippen LogP contribution in [0.15, 0.2) is 36.5 Å². The summed E-state index contributed by atoms with van der Waals surface area (Å²) in [5, 5.41) is 13.4. The Morgan fingerprint density at radius 3 is 2.58 bits per heavy atom. The number of carbonyl (C=O) groups excluding carboxylic acids is 2. The van der Waals surface area contributed by atoms with Crippen molar-refractivity contribution in [3.05, 3.63) is 47.7 Å². The largest absolute Gasteiger partial charge is 0.508 e. The van der Waals surface area contributed by atoms with Gasteiger partial charge in [0.05, 0.1) is 28.7 Å². The number of fused-ring (bicyclic) bond motifs is 6. The van der Waals surface area contributed by atoms with Gasteiger partial charge < -0.3 is 19.5 Å². The average molecular weight is 582 g/mol. The summed E-state index contributed by atoms with van der Waals surface area (Å²) < 4.78 is 11.6. The van der Waals surface area contributed by atoms with E-state index in [0.29, 0.717) is 24.4 Å². The molecule has 222 valence electrons. The number of aldehydes is 1. The highest BCUT2D eigenvalue weighted by atomic mass is 16.6. The maximum atomic E-state index is 13.1. The molecule has 0 radical (unpaired) electrons. The molecule has 43 heavy (non-hydrogen) atoms. The van der Waals surface area contributed by atoms with Gasteiger partial charge in [0.2, 0.25) is 0 Å². The molecule has 0 spiro atoms. The minimum Gasteiger partial charge on any atom is -0.508 e. The lowest BCUT2D eigenvalue weighted by atomic mass is 9.79. The van der Waals surface area contributed by atoms with Crippen molar-refractivity contribution in [3.8, 4) is 23.0 Å². The number of phenolic OH excluding ortho intramolecular Hbond substituents is 1. The fourth-order valence-corrected chi connectivity index (χ4v) is 7.02. The van der Waals surface area contributed by atoms with E-state index in [9.17, 15) is 14.7 Å². The molecule has 10 nitrogen and oxygen atoms in total. The van der Waals surface area contributed by atoms with Crippen LogP contribution in [-0.2, 0) is 9.53 Å². The van der Waals surface area contributed by atoms with E-state index in [0.717, 1.165) is 57.7 Å². The minimum absolute atomic E-state index is 0.0196. The van der Waals surface area contributed by atoms with E-state index in [4.69, 9.17) is 24.4 Å². The number of hydrogen-bond donors (Lipinski definition) is 1. The number of ether oxygens (including phenoxy) is 2. The molecule has 2 aromatic heterocycles. The number of carbonyl (C=O) groups is 2. The van der Waals surface area contributed by atoms with Crippen LogP contribution in [0, 0.1) is 0 Å². The third-order valence-corrected chi connectivity index (χ3v) is 8.76. The smallest absolute Gasteiger partial charge is 0.410 e. The van der Waals surface area contributed by atoms with Crippen LogP contribution in [0.2, 0.25) is 0 Å². The van der Waals surface area contributed by atoms with E-state index in [-0.39, 0.29) is 35.9 Å². The van der Waals surface area contributed by atoms with E-state index in [2.05, 4.69) is 17.9 Å². The first-order chi connectivity index (χ1) is 20.5. The Kier molecular flexibility index (Phi) is 6.23. The molecule has 2 saturated heterocycles. The van der Waals surface area contributed by atoms with Gasteiger partial charge in [0.25, 0.3) is 0 Å². The number of aromatic hydroxyl groups is 1. The number of amides is 1. The molecule has 0 saturated carbocycles. The predicted octanol–water partition coefficient (Wildman–Crippen LogP) is 5.57. The van der Waals surface area contributed by atoms with Gasteiger partial charge in [0, 0.05) is 36.3 Å². The molecule has 3 aliphatic rings. The number of pyridine rings is 1. The Labute approximate surface area is 249 Å². The third-order valence-electron chi connectivity index (χ3n) is 8.76. The monoisotopic (exact) mass is 581 g/mol. The lowest BCUT2D eigenvalue weighted by Crippen LogP contribution is -2.57. The summed E-state index contributed by atoms with van der Waals surface area (Å²) in [5.41, 5.74) is 3.79. The Morgan fingerprint density at radius 2 is 1.88 bits per heavy atom. The van der Waals surface area contributed by atoms with Crippen LogP contribution in [0.4, 0.5) is 10.6 Å². The normalized spacial score (nSPS) is 21.6. The van der Waals surface area contributed by atoms with Gasteiger partial charge in [-0.3, -0.25) is 14.7 Å². The Bertz CT molecular complexity index is 1790. The van der Waals surface area contributed by atoms with E-state index < -0.39 is 11.7 Å². The van der Waals surface area contributed by atoms with Crippen LogP contribution in [0.5, 0.6) is 11.8 Å². The molecule has 1 amide bonds. The molecule has 4 heterocycles. The highest BCUT2D eigenvalue weighted by Crippen LogP contribution is 2.48. The Balaban J connectivity index is 1.37. The summed E-state index contributed by atoms with van der Waals surface area (Å²) >= 11 is 0. The number of piperazine rings is 1. The van der Waals surface area contributed by atoms with Crippen molar-refractivity contribution in [3.63, 3.8) is 0 Å². The topological polar surface area (TPSA) is 118 Å². The highest BCUT2D eigenvalue weighted by Gasteiger charge is 2.45. The number of nitrogens with zero attached hydrogens (tertiary/aromatic N) is 5. The first-order valence-corrected chi connectivity index (χ1v) is 14.9. The van der Waals surface area contributed by atoms with Gasteiger partial charge in [-0.25, -0.2) is 4.79 Å². The number of benzene rings is 2. The van der Waals surface area contributed by atoms with Gasteiger partial charge in [0.15, 0.2) is 12.4 Å². The highest BCUT2D eigenvalue weighted by molar-refractivity contribution is 6.06. The van der Waals surface area contributed by atoms with Gasteiger partial charge in [-0.1, -0.05) is 25.1 Å². The van der Waals surface area contributed by atoms with Gasteiger partial charge >= 0.3 is 12.1 Å². The lowest BCUT2D eigenvalue weighted by molar-refractivity contribution is -0.113. The zero-order chi connectivity index (χ0) is 30.2. The minimum atomic E-state index is -0.730. The van der Waals surface area contributed by atoms with Crippen LogP contribution in [0.1, 0.15) is 64.5 Å². The molecule has 10 heteroatoms. The molecule has 2 fully saturated rings. The average Bonchev–Trinajstić information content (AvgIpc) is 3.23. The molecule has 4 atom stereocenters. The number of phenols is 1. The molecule has 2 aromatic carbocycles. The second kappa shape index (κ2) is 9.79. The predicted molar refractivity (Wildman–Crippen MR) is 163 cm³/mol. The van der Waals surface area contributed by atoms with Crippen LogP contribution < -0.4 is 9.64 Å². The van der Waals surface area contributed by atoms with Crippen molar-refractivity contribution < 1.29 is 24.2 Å². The van der Waals surface area contributed by atoms with E-state index in [1.54, 1.807) is 25.3 Å². The van der Waals surface area contributed by atoms with Gasteiger partial charge in [-0.15, -0.1) is 0 Å². The molecule has 1 N–H and O–H groups in total. The van der Waals surface area contributed by atoms with Crippen molar-refractivity contribution >= 4 is 39.9 Å². The van der Waals surface area contributed by atoms with Crippen molar-refractivity contribution in [1.82, 2.24) is 19.9 Å². The summed E-state index contributed by atoms with van der Waals surface area (Å²) in [5.74, 6) is 0.792. The molecule has 2 bridgehead atoms. The van der Waals surface area contributed by atoms with Crippen LogP contribution in [0.25, 0.3) is 32.9 Å². The molecule has 1 aliphatic carbocycles. The number of aromatic nitrogens is 3. The second-order valence-corrected chi connectivity index (χ2v) is 12.9. The molecular weight excluding hydrogens is 546 g/mol. The van der Waals surface area contributed by atoms with Crippen molar-refractivity contribution in [2.75, 3.05) is 18.0 Å². The standard InChI is InChI=1S/C33H35N5O5/c1-17(16-39)42-31-35-29-25(30(36-31)37-14-20-9-10-21(15-37)38(20)32(41)43-33(3,4)5)13-34-28-24-12-22(40)11-19-7-6-8-23(27(19)24)18(2)26(28)29/h6-8,11-13,16-18,20-21,40H,9-10,14-15H2,1-5H3/t17-,18?,20?,21?/m1/s1. The molecule has 3 unspecified atom stereocenters. The lowest BCUT2D eigenvalue weighted by Gasteiger charge is -2.42. The summed E-state index contributed by atoms with van der Waals surface area (Å²) in [7, 11) is 0. The fourth-order valence-electron chi connectivity index (χ4n) is 7.02. The SMILES string of the molecule is CC1c2c(ncc3c(N4CC5CCC(C4)N5C(=O)OC(C)(C)C)nc(O[C@H](C)C=O)nc23)-c2cc(O)cc3cccc1c23. The van der Waals surface area contributed by atoms with Gasteiger partial charge in [-0.05, 0) is 69.0 Å². The van der Waals surface area contributed by atoms with Gasteiger partial charge in [-0.2, -0.15) is 9.97 Å². The zero-order valence-electron chi connectivity index (χ0n) is 25.0. The summed E-state index contributed by atoms with van der Waals surface area (Å²) in [4.78, 5) is 43.4. The van der Waals surface area contributed by atoms with E-state index >= 15 is 0 Å². The Morgan fingerprint density at radius 1 is 1.14 bits per heavy atom. The summed E-state index contributed by atoms with van der Waals surface area (Å²) in [6, 6.07) is 9.72. The third kappa shape index (κ3) is 4.51. The number of hydrogen-bond acceptors (Lipinski definition) is 9. The molecular formula is C33H35N5O5. The maximum absolute atomic E-state index is 13.1. The van der Waals surface area contributed by atoms with E-state index in [1.807, 2.05) is 37.8 Å². The second-order valence-electron chi connectivity index (χ2n) is 12.9. The van der Waals surface area contributed by atoms with Crippen LogP contribution in [0.3, 0.4) is 0 Å². The molecule has 7 rings (SSSR count). The quantitative estimate of drug-likeness (QED) is 0.309. The summed E-state index contributed by atoms with van der Waals surface area (Å²) in [6.07, 6.45) is 3.27. The van der Waals surface area contributed by atoms with Crippen LogP contribution in [-0.4, -0.2) is 74.2 Å².